The molecule has 4 heterocycles. The molecule has 4 aliphatic heterocycles. The number of benzene rings is 3. The van der Waals surface area contributed by atoms with Gasteiger partial charge in [-0.3, -0.25) is 4.55 Å². The molecule has 0 fully saturated rings. The number of hydrogen-bond acceptors (Lipinski definition) is 7. The Bertz CT molecular complexity index is 1490. The van der Waals surface area contributed by atoms with Crippen LogP contribution in [0.25, 0.3) is 0 Å². The molecule has 4 unspecified atom stereocenters. The summed E-state index contributed by atoms with van der Waals surface area (Å²) in [6.07, 6.45) is 3.46. The summed E-state index contributed by atoms with van der Waals surface area (Å²) in [7, 11) is -4.48. The van der Waals surface area contributed by atoms with Gasteiger partial charge in [-0.1, -0.05) is 60.7 Å². The van der Waals surface area contributed by atoms with E-state index in [4.69, 9.17) is 16.2 Å². The second kappa shape index (κ2) is 13.4. The predicted molar refractivity (Wildman–Crippen MR) is 160 cm³/mol. The van der Waals surface area contributed by atoms with E-state index in [1.807, 2.05) is 24.3 Å². The van der Waals surface area contributed by atoms with Crippen LogP contribution < -0.4 is 16.2 Å². The van der Waals surface area contributed by atoms with Crippen LogP contribution in [-0.2, 0) is 28.7 Å². The number of aliphatic imine (C=N–C) groups is 1. The molecule has 0 aliphatic carbocycles. The number of aliphatic hydroxyl groups is 2. The first-order chi connectivity index (χ1) is 20.0. The Morgan fingerprint density at radius 2 is 1.67 bits per heavy atom. The Kier molecular flexibility index (Phi) is 9.89. The van der Waals surface area contributed by atoms with E-state index < -0.39 is 33.1 Å². The van der Waals surface area contributed by atoms with Crippen LogP contribution in [0.15, 0.2) is 89.9 Å². The van der Waals surface area contributed by atoms with Gasteiger partial charge in [-0.05, 0) is 66.6 Å². The summed E-state index contributed by atoms with van der Waals surface area (Å²) in [6, 6.07) is 20.4. The number of nitrogens with zero attached hydrogens (tertiary/aromatic N) is 1. The zero-order valence-electron chi connectivity index (χ0n) is 23.1. The molecule has 7 rings (SSSR count). The number of rotatable bonds is 8. The molecule has 0 aromatic heterocycles. The highest BCUT2D eigenvalue weighted by Gasteiger charge is 2.35. The average Bonchev–Trinajstić information content (AvgIpc) is 2.95. The van der Waals surface area contributed by atoms with E-state index in [0.29, 0.717) is 29.7 Å². The number of aliphatic hydroxyl groups excluding tert-OH is 2. The van der Waals surface area contributed by atoms with Crippen molar-refractivity contribution in [1.29, 1.82) is 0 Å². The van der Waals surface area contributed by atoms with Crippen molar-refractivity contribution in [2.75, 3.05) is 6.61 Å². The summed E-state index contributed by atoms with van der Waals surface area (Å²) in [6.45, 7) is -0.0941. The highest BCUT2D eigenvalue weighted by atomic mass is 32.2. The predicted octanol–water partition coefficient (Wildman–Crippen LogP) is 3.32. The van der Waals surface area contributed by atoms with Crippen LogP contribution in [0.1, 0.15) is 47.6 Å². The van der Waals surface area contributed by atoms with Crippen molar-refractivity contribution >= 4 is 16.1 Å². The Morgan fingerprint density at radius 3 is 2.26 bits per heavy atom. The van der Waals surface area contributed by atoms with Gasteiger partial charge in [-0.15, -0.1) is 0 Å². The quantitative estimate of drug-likeness (QED) is 0.0982. The number of allylic oxidation sites excluding steroid dienone is 1. The van der Waals surface area contributed by atoms with Gasteiger partial charge >= 0.3 is 0 Å². The molecule has 0 saturated carbocycles. The number of ether oxygens (including phenoxy) is 1. The maximum Gasteiger partial charge on any atom is 0.268 e. The first kappa shape index (κ1) is 31.0. The summed E-state index contributed by atoms with van der Waals surface area (Å²) >= 11 is 0. The Morgan fingerprint density at radius 1 is 1.02 bits per heavy atom. The zero-order valence-corrected chi connectivity index (χ0v) is 23.9. The fourth-order valence-corrected chi connectivity index (χ4v) is 6.31. The SMILES string of the molecule is NC(N)=NC1(CCCO)Oc2ccc(cc2)CCC(S(=O)(=O)O)C(C=CC(O)c2ccc(O)cc2)Cc2ccc1cc2. The highest BCUT2D eigenvalue weighted by molar-refractivity contribution is 7.86. The number of phenolic OH excluding ortho intramolecular Hbond substituents is 1. The smallest absolute Gasteiger partial charge is 0.268 e. The molecule has 11 heteroatoms. The monoisotopic (exact) mass is 595 g/mol. The number of nitrogens with two attached hydrogens (primary N) is 2. The van der Waals surface area contributed by atoms with Gasteiger partial charge in [0.25, 0.3) is 10.1 Å². The van der Waals surface area contributed by atoms with Crippen molar-refractivity contribution in [1.82, 2.24) is 0 Å². The highest BCUT2D eigenvalue weighted by Crippen LogP contribution is 2.36. The van der Waals surface area contributed by atoms with Crippen molar-refractivity contribution < 1.29 is 33.0 Å². The Hall–Kier alpha value is -3.90. The molecule has 0 spiro atoms. The number of phenols is 1. The second-order valence-corrected chi connectivity index (χ2v) is 12.1. The topological polar surface area (TPSA) is 189 Å². The molecular weight excluding hydrogens is 558 g/mol. The summed E-state index contributed by atoms with van der Waals surface area (Å²) in [5, 5.41) is 28.8. The van der Waals surface area contributed by atoms with Gasteiger partial charge in [-0.25, -0.2) is 4.99 Å². The third-order valence-electron chi connectivity index (χ3n) is 7.42. The van der Waals surface area contributed by atoms with Crippen LogP contribution in [0.5, 0.6) is 11.5 Å². The standard InChI is InChI=1S/C31H37N3O7S/c32-30(33)34-31(18-1-19-35)25-10-2-22(3-11-25)20-24(9-16-28(37)23-7-12-26(36)13-8-23)29(42(38,39)40)17-6-21-4-14-27(41-31)15-5-21/h2-5,7-16,24,28-29,35-37H,1,6,17-20H2,(H4,32,33,34)(H,38,39,40). The van der Waals surface area contributed by atoms with Crippen molar-refractivity contribution in [2.45, 2.75) is 49.2 Å². The van der Waals surface area contributed by atoms with Crippen LogP contribution in [0.3, 0.4) is 0 Å². The average molecular weight is 596 g/mol. The van der Waals surface area contributed by atoms with Gasteiger partial charge in [0.05, 0.1) is 11.4 Å². The number of aromatic hydroxyl groups is 1. The molecule has 3 aromatic rings. The van der Waals surface area contributed by atoms with Crippen LogP contribution in [-0.4, -0.2) is 46.1 Å². The lowest BCUT2D eigenvalue weighted by Crippen LogP contribution is -2.37. The van der Waals surface area contributed by atoms with E-state index in [-0.39, 0.29) is 37.6 Å². The first-order valence-corrected chi connectivity index (χ1v) is 15.2. The van der Waals surface area contributed by atoms with E-state index in [9.17, 15) is 28.3 Å². The lowest BCUT2D eigenvalue weighted by atomic mass is 9.90. The Balaban J connectivity index is 1.79. The van der Waals surface area contributed by atoms with Crippen molar-refractivity contribution in [2.24, 2.45) is 22.4 Å². The number of hydrogen-bond donors (Lipinski definition) is 6. The van der Waals surface area contributed by atoms with E-state index in [1.165, 1.54) is 18.2 Å². The van der Waals surface area contributed by atoms with Crippen molar-refractivity contribution in [3.8, 4) is 11.5 Å². The molecule has 4 bridgehead atoms. The molecule has 224 valence electrons. The minimum Gasteiger partial charge on any atom is -0.508 e. The largest absolute Gasteiger partial charge is 0.508 e. The number of aryl methyl sites for hydroxylation is 1. The minimum atomic E-state index is -4.48. The fraction of sp³-hybridized carbons (Fsp3) is 0.323. The summed E-state index contributed by atoms with van der Waals surface area (Å²) < 4.78 is 42.1. The van der Waals surface area contributed by atoms with E-state index in [1.54, 1.807) is 42.5 Å². The maximum atomic E-state index is 12.7. The molecular formula is C31H37N3O7S. The first-order valence-electron chi connectivity index (χ1n) is 13.7. The van der Waals surface area contributed by atoms with Crippen molar-refractivity contribution in [3.63, 3.8) is 0 Å². The van der Waals surface area contributed by atoms with Crippen LogP contribution >= 0.6 is 0 Å². The lowest BCUT2D eigenvalue weighted by Gasteiger charge is -2.31. The molecule has 0 amide bonds. The van der Waals surface area contributed by atoms with Crippen LogP contribution in [0.2, 0.25) is 0 Å². The fourth-order valence-electron chi connectivity index (χ4n) is 5.26. The molecule has 0 radical (unpaired) electrons. The van der Waals surface area contributed by atoms with E-state index in [0.717, 1.165) is 11.1 Å². The lowest BCUT2D eigenvalue weighted by molar-refractivity contribution is 0.0577. The molecule has 42 heavy (non-hydrogen) atoms. The maximum absolute atomic E-state index is 12.7. The van der Waals surface area contributed by atoms with Crippen molar-refractivity contribution in [3.05, 3.63) is 107 Å². The third-order valence-corrected chi connectivity index (χ3v) is 8.77. The van der Waals surface area contributed by atoms with Gasteiger partial charge in [0.1, 0.15) is 11.5 Å². The normalized spacial score (nSPS) is 21.8. The van der Waals surface area contributed by atoms with Crippen LogP contribution in [0.4, 0.5) is 0 Å². The van der Waals surface area contributed by atoms with Gasteiger partial charge < -0.3 is 31.5 Å². The molecule has 8 N–H and O–H groups in total. The molecule has 10 nitrogen and oxygen atoms in total. The molecule has 4 aliphatic rings. The molecule has 0 saturated heterocycles. The van der Waals surface area contributed by atoms with Gasteiger partial charge in [0.15, 0.2) is 5.96 Å². The molecule has 4 atom stereocenters. The Labute approximate surface area is 245 Å². The van der Waals surface area contributed by atoms with Crippen LogP contribution in [0, 0.1) is 5.92 Å². The minimum absolute atomic E-state index is 0.0605. The second-order valence-electron chi connectivity index (χ2n) is 10.5. The van der Waals surface area contributed by atoms with Gasteiger partial charge in [0, 0.05) is 24.5 Å². The zero-order chi connectivity index (χ0) is 30.3. The number of guanidine groups is 1. The van der Waals surface area contributed by atoms with E-state index >= 15 is 0 Å². The summed E-state index contributed by atoms with van der Waals surface area (Å²) in [5.41, 5.74) is 13.1. The summed E-state index contributed by atoms with van der Waals surface area (Å²) in [5.74, 6) is -0.323. The van der Waals surface area contributed by atoms with Gasteiger partial charge in [-0.2, -0.15) is 8.42 Å². The molecule has 3 aromatic carbocycles. The third kappa shape index (κ3) is 7.89. The van der Waals surface area contributed by atoms with Gasteiger partial charge in [0.2, 0.25) is 5.72 Å². The summed E-state index contributed by atoms with van der Waals surface area (Å²) in [4.78, 5) is 4.46. The van der Waals surface area contributed by atoms with E-state index in [2.05, 4.69) is 4.99 Å².